The normalized spacial score (nSPS) is 24.0. The van der Waals surface area contributed by atoms with Crippen LogP contribution in [-0.2, 0) is 0 Å². The van der Waals surface area contributed by atoms with Crippen LogP contribution >= 0.6 is 0 Å². The summed E-state index contributed by atoms with van der Waals surface area (Å²) in [6, 6.07) is 0. The first kappa shape index (κ1) is 14.0. The zero-order chi connectivity index (χ0) is 12.0. The van der Waals surface area contributed by atoms with Gasteiger partial charge in [-0.1, -0.05) is 52.4 Å². The molecule has 1 saturated carbocycles. The van der Waals surface area contributed by atoms with Crippen molar-refractivity contribution in [3.8, 4) is 0 Å². The second-order valence-corrected chi connectivity index (χ2v) is 6.26. The lowest BCUT2D eigenvalue weighted by atomic mass is 9.81. The Kier molecular flexibility index (Phi) is 5.82. The summed E-state index contributed by atoms with van der Waals surface area (Å²) in [6.45, 7) is 6.49. The number of aliphatic hydroxyl groups is 1. The SMILES string of the molecule is CCC(C)CC(C)(O)CCC1CCCCC1. The van der Waals surface area contributed by atoms with Gasteiger partial charge >= 0.3 is 0 Å². The van der Waals surface area contributed by atoms with Gasteiger partial charge in [-0.25, -0.2) is 0 Å². The van der Waals surface area contributed by atoms with Crippen LogP contribution in [0.1, 0.15) is 78.6 Å². The summed E-state index contributed by atoms with van der Waals surface area (Å²) >= 11 is 0. The summed E-state index contributed by atoms with van der Waals surface area (Å²) in [5.41, 5.74) is -0.424. The Morgan fingerprint density at radius 1 is 1.25 bits per heavy atom. The van der Waals surface area contributed by atoms with Crippen LogP contribution in [0.3, 0.4) is 0 Å². The summed E-state index contributed by atoms with van der Waals surface area (Å²) in [7, 11) is 0. The van der Waals surface area contributed by atoms with Crippen LogP contribution in [0, 0.1) is 11.8 Å². The Bertz CT molecular complexity index is 180. The largest absolute Gasteiger partial charge is 0.390 e. The predicted octanol–water partition coefficient (Wildman–Crippen LogP) is 4.53. The first-order valence-corrected chi connectivity index (χ1v) is 7.26. The maximum atomic E-state index is 10.3. The molecule has 16 heavy (non-hydrogen) atoms. The standard InChI is InChI=1S/C15H30O/c1-4-13(2)12-15(3,16)11-10-14-8-6-5-7-9-14/h13-14,16H,4-12H2,1-3H3. The Morgan fingerprint density at radius 3 is 2.44 bits per heavy atom. The highest BCUT2D eigenvalue weighted by Crippen LogP contribution is 2.31. The quantitative estimate of drug-likeness (QED) is 0.705. The van der Waals surface area contributed by atoms with E-state index in [0.717, 1.165) is 18.8 Å². The second kappa shape index (κ2) is 6.64. The van der Waals surface area contributed by atoms with Crippen molar-refractivity contribution in [3.63, 3.8) is 0 Å². The summed E-state index contributed by atoms with van der Waals surface area (Å²) in [4.78, 5) is 0. The third kappa shape index (κ3) is 5.34. The van der Waals surface area contributed by atoms with E-state index < -0.39 is 5.60 Å². The molecule has 0 saturated heterocycles. The predicted molar refractivity (Wildman–Crippen MR) is 70.5 cm³/mol. The maximum absolute atomic E-state index is 10.3. The van der Waals surface area contributed by atoms with Crippen LogP contribution in [0.5, 0.6) is 0 Å². The molecule has 1 fully saturated rings. The van der Waals surface area contributed by atoms with E-state index in [1.54, 1.807) is 0 Å². The lowest BCUT2D eigenvalue weighted by Gasteiger charge is -2.29. The summed E-state index contributed by atoms with van der Waals surface area (Å²) in [5, 5.41) is 10.3. The summed E-state index contributed by atoms with van der Waals surface area (Å²) in [6.07, 6.45) is 11.5. The molecule has 0 spiro atoms. The van der Waals surface area contributed by atoms with Crippen molar-refractivity contribution in [2.24, 2.45) is 11.8 Å². The van der Waals surface area contributed by atoms with Gasteiger partial charge in [-0.05, 0) is 38.0 Å². The molecule has 2 unspecified atom stereocenters. The van der Waals surface area contributed by atoms with Crippen LogP contribution in [0.15, 0.2) is 0 Å². The molecule has 0 radical (unpaired) electrons. The van der Waals surface area contributed by atoms with Crippen molar-refractivity contribution in [2.45, 2.75) is 84.2 Å². The highest BCUT2D eigenvalue weighted by Gasteiger charge is 2.24. The first-order valence-electron chi connectivity index (χ1n) is 7.26. The molecule has 1 heteroatoms. The van der Waals surface area contributed by atoms with Gasteiger partial charge in [-0.3, -0.25) is 0 Å². The fraction of sp³-hybridized carbons (Fsp3) is 1.00. The minimum atomic E-state index is -0.424. The van der Waals surface area contributed by atoms with Crippen molar-refractivity contribution < 1.29 is 5.11 Å². The number of hydrogen-bond donors (Lipinski definition) is 1. The van der Waals surface area contributed by atoms with Crippen LogP contribution in [0.4, 0.5) is 0 Å². The Balaban J connectivity index is 2.23. The van der Waals surface area contributed by atoms with E-state index in [4.69, 9.17) is 0 Å². The molecule has 0 aliphatic heterocycles. The maximum Gasteiger partial charge on any atom is 0.0622 e. The van der Waals surface area contributed by atoms with Crippen molar-refractivity contribution in [2.75, 3.05) is 0 Å². The van der Waals surface area contributed by atoms with Crippen LogP contribution in [0.2, 0.25) is 0 Å². The molecule has 1 aliphatic carbocycles. The van der Waals surface area contributed by atoms with Crippen molar-refractivity contribution in [1.82, 2.24) is 0 Å². The minimum Gasteiger partial charge on any atom is -0.390 e. The van der Waals surface area contributed by atoms with Gasteiger partial charge in [0, 0.05) is 0 Å². The van der Waals surface area contributed by atoms with Crippen molar-refractivity contribution in [3.05, 3.63) is 0 Å². The minimum absolute atomic E-state index is 0.424. The molecule has 2 atom stereocenters. The molecular weight excluding hydrogens is 196 g/mol. The number of rotatable bonds is 6. The van der Waals surface area contributed by atoms with E-state index in [0.29, 0.717) is 5.92 Å². The molecule has 1 nitrogen and oxygen atoms in total. The first-order chi connectivity index (χ1) is 7.53. The van der Waals surface area contributed by atoms with Gasteiger partial charge < -0.3 is 5.11 Å². The molecule has 0 aromatic rings. The molecule has 96 valence electrons. The third-order valence-electron chi connectivity index (χ3n) is 4.30. The van der Waals surface area contributed by atoms with Crippen LogP contribution < -0.4 is 0 Å². The smallest absolute Gasteiger partial charge is 0.0622 e. The van der Waals surface area contributed by atoms with Crippen molar-refractivity contribution >= 4 is 0 Å². The zero-order valence-corrected chi connectivity index (χ0v) is 11.5. The number of hydrogen-bond acceptors (Lipinski definition) is 1. The molecule has 0 aromatic carbocycles. The van der Waals surface area contributed by atoms with Gasteiger partial charge in [0.05, 0.1) is 5.60 Å². The lowest BCUT2D eigenvalue weighted by Crippen LogP contribution is -2.27. The van der Waals surface area contributed by atoms with E-state index in [-0.39, 0.29) is 0 Å². The molecular formula is C15H30O. The third-order valence-corrected chi connectivity index (χ3v) is 4.30. The summed E-state index contributed by atoms with van der Waals surface area (Å²) < 4.78 is 0. The van der Waals surface area contributed by atoms with E-state index >= 15 is 0 Å². The highest BCUT2D eigenvalue weighted by molar-refractivity contribution is 4.77. The van der Waals surface area contributed by atoms with Gasteiger partial charge in [-0.15, -0.1) is 0 Å². The average Bonchev–Trinajstić information content (AvgIpc) is 2.27. The lowest BCUT2D eigenvalue weighted by molar-refractivity contribution is 0.0196. The van der Waals surface area contributed by atoms with Gasteiger partial charge in [0.1, 0.15) is 0 Å². The van der Waals surface area contributed by atoms with E-state index in [1.165, 1.54) is 44.9 Å². The van der Waals surface area contributed by atoms with Gasteiger partial charge in [0.15, 0.2) is 0 Å². The Morgan fingerprint density at radius 2 is 1.88 bits per heavy atom. The molecule has 0 aromatic heterocycles. The molecule has 0 amide bonds. The average molecular weight is 226 g/mol. The van der Waals surface area contributed by atoms with E-state index in [9.17, 15) is 5.11 Å². The van der Waals surface area contributed by atoms with Crippen LogP contribution in [-0.4, -0.2) is 10.7 Å². The van der Waals surface area contributed by atoms with Crippen LogP contribution in [0.25, 0.3) is 0 Å². The van der Waals surface area contributed by atoms with Crippen molar-refractivity contribution in [1.29, 1.82) is 0 Å². The molecule has 1 aliphatic rings. The van der Waals surface area contributed by atoms with Gasteiger partial charge in [0.25, 0.3) is 0 Å². The van der Waals surface area contributed by atoms with E-state index in [1.807, 2.05) is 6.92 Å². The Labute approximate surface area is 102 Å². The molecule has 1 N–H and O–H groups in total. The second-order valence-electron chi connectivity index (χ2n) is 6.26. The molecule has 0 heterocycles. The summed E-state index contributed by atoms with van der Waals surface area (Å²) in [5.74, 6) is 1.55. The zero-order valence-electron chi connectivity index (χ0n) is 11.5. The Hall–Kier alpha value is -0.0400. The topological polar surface area (TPSA) is 20.2 Å². The van der Waals surface area contributed by atoms with E-state index in [2.05, 4.69) is 13.8 Å². The fourth-order valence-electron chi connectivity index (χ4n) is 2.99. The fourth-order valence-corrected chi connectivity index (χ4v) is 2.99. The van der Waals surface area contributed by atoms with Gasteiger partial charge in [0.2, 0.25) is 0 Å². The van der Waals surface area contributed by atoms with Gasteiger partial charge in [-0.2, -0.15) is 0 Å². The highest BCUT2D eigenvalue weighted by atomic mass is 16.3. The molecule has 1 rings (SSSR count). The molecule has 0 bridgehead atoms. The monoisotopic (exact) mass is 226 g/mol.